The number of ether oxygens (including phenoxy) is 1. The Labute approximate surface area is 138 Å². The summed E-state index contributed by atoms with van der Waals surface area (Å²) in [5.41, 5.74) is 0.453. The van der Waals surface area contributed by atoms with E-state index in [2.05, 4.69) is 0 Å². The number of hydrogen-bond acceptors (Lipinski definition) is 6. The Kier molecular flexibility index (Phi) is 4.75. The van der Waals surface area contributed by atoms with Crippen LogP contribution in [0.15, 0.2) is 41.3 Å². The van der Waals surface area contributed by atoms with Crippen LogP contribution in [0.4, 0.5) is 0 Å². The molecule has 0 spiro atoms. The van der Waals surface area contributed by atoms with Gasteiger partial charge in [0, 0.05) is 6.07 Å². The highest BCUT2D eigenvalue weighted by Crippen LogP contribution is 2.31. The predicted molar refractivity (Wildman–Crippen MR) is 81.7 cm³/mol. The molecule has 2 rings (SSSR count). The lowest BCUT2D eigenvalue weighted by Crippen LogP contribution is -2.10. The number of nitriles is 2. The van der Waals surface area contributed by atoms with Gasteiger partial charge in [-0.25, -0.2) is 0 Å². The van der Waals surface area contributed by atoms with Crippen molar-refractivity contribution in [1.82, 2.24) is 0 Å². The summed E-state index contributed by atoms with van der Waals surface area (Å²) in [7, 11) is -2.84. The minimum absolute atomic E-state index is 0.00367. The number of rotatable bonds is 4. The largest absolute Gasteiger partial charge is 0.493 e. The lowest BCUT2D eigenvalue weighted by atomic mass is 10.2. The quantitative estimate of drug-likeness (QED) is 0.787. The Morgan fingerprint density at radius 3 is 2.35 bits per heavy atom. The molecule has 0 atom stereocenters. The summed E-state index contributed by atoms with van der Waals surface area (Å²) in [5.74, 6) is 0.0411. The Bertz CT molecular complexity index is 943. The van der Waals surface area contributed by atoms with Crippen LogP contribution in [-0.2, 0) is 10.1 Å². The summed E-state index contributed by atoms with van der Waals surface area (Å²) < 4.78 is 34.6. The number of hydrogen-bond donors (Lipinski definition) is 0. The van der Waals surface area contributed by atoms with Crippen LogP contribution in [0.3, 0.4) is 0 Å². The van der Waals surface area contributed by atoms with Crippen molar-refractivity contribution in [3.63, 3.8) is 0 Å². The van der Waals surface area contributed by atoms with E-state index in [1.165, 1.54) is 37.4 Å². The van der Waals surface area contributed by atoms with Crippen LogP contribution in [0.25, 0.3) is 0 Å². The molecule has 0 aromatic heterocycles. The van der Waals surface area contributed by atoms with Crippen molar-refractivity contribution in [1.29, 1.82) is 10.5 Å². The highest BCUT2D eigenvalue weighted by atomic mass is 35.5. The Morgan fingerprint density at radius 1 is 1.04 bits per heavy atom. The summed E-state index contributed by atoms with van der Waals surface area (Å²) in [4.78, 5) is -0.201. The topological polar surface area (TPSA) is 100 Å². The van der Waals surface area contributed by atoms with Crippen molar-refractivity contribution in [2.45, 2.75) is 4.90 Å². The van der Waals surface area contributed by atoms with E-state index in [1.807, 2.05) is 12.1 Å². The number of halogens is 1. The van der Waals surface area contributed by atoms with Crippen molar-refractivity contribution in [2.75, 3.05) is 7.11 Å². The predicted octanol–water partition coefficient (Wildman–Crippen LogP) is 2.86. The zero-order valence-corrected chi connectivity index (χ0v) is 13.4. The second kappa shape index (κ2) is 6.57. The van der Waals surface area contributed by atoms with Crippen LogP contribution >= 0.6 is 11.6 Å². The van der Waals surface area contributed by atoms with Crippen molar-refractivity contribution in [2.24, 2.45) is 0 Å². The van der Waals surface area contributed by atoms with E-state index in [4.69, 9.17) is 31.0 Å². The van der Waals surface area contributed by atoms with Gasteiger partial charge in [0.2, 0.25) is 0 Å². The summed E-state index contributed by atoms with van der Waals surface area (Å²) in [6.07, 6.45) is 0. The summed E-state index contributed by atoms with van der Waals surface area (Å²) >= 11 is 5.83. The maximum atomic E-state index is 12.3. The third-order valence-corrected chi connectivity index (χ3v) is 4.38. The lowest BCUT2D eigenvalue weighted by Gasteiger charge is -2.11. The van der Waals surface area contributed by atoms with Crippen molar-refractivity contribution in [3.05, 3.63) is 52.5 Å². The third-order valence-electron chi connectivity index (χ3n) is 2.84. The third kappa shape index (κ3) is 3.54. The molecule has 0 unspecified atom stereocenters. The molecule has 0 heterocycles. The fraction of sp³-hybridized carbons (Fsp3) is 0.0667. The second-order valence-electron chi connectivity index (χ2n) is 4.27. The standard InChI is InChI=1S/C15H9ClN2O4S/c1-21-15-6-10(8-17)2-5-14(15)22-23(19,20)12-4-3-11(9-18)13(16)7-12/h2-7H,1H3. The summed E-state index contributed by atoms with van der Waals surface area (Å²) in [6, 6.07) is 11.5. The summed E-state index contributed by atoms with van der Waals surface area (Å²) in [5, 5.41) is 17.6. The molecule has 0 aliphatic rings. The van der Waals surface area contributed by atoms with E-state index >= 15 is 0 Å². The molecule has 6 nitrogen and oxygen atoms in total. The molecule has 0 fully saturated rings. The van der Waals surface area contributed by atoms with Gasteiger partial charge in [-0.15, -0.1) is 0 Å². The maximum Gasteiger partial charge on any atom is 0.339 e. The molecule has 0 aliphatic carbocycles. The smallest absolute Gasteiger partial charge is 0.339 e. The van der Waals surface area contributed by atoms with Gasteiger partial charge in [-0.1, -0.05) is 11.6 Å². The Morgan fingerprint density at radius 2 is 1.78 bits per heavy atom. The van der Waals surface area contributed by atoms with Crippen LogP contribution in [0.2, 0.25) is 5.02 Å². The first-order valence-corrected chi connectivity index (χ1v) is 7.92. The molecule has 0 N–H and O–H groups in total. The second-order valence-corrected chi connectivity index (χ2v) is 6.22. The van der Waals surface area contributed by atoms with Gasteiger partial charge < -0.3 is 8.92 Å². The van der Waals surface area contributed by atoms with Gasteiger partial charge in [0.15, 0.2) is 11.5 Å². The van der Waals surface area contributed by atoms with Gasteiger partial charge in [-0.05, 0) is 30.3 Å². The van der Waals surface area contributed by atoms with E-state index in [0.717, 1.165) is 6.07 Å². The molecule has 116 valence electrons. The van der Waals surface area contributed by atoms with Crippen LogP contribution in [0.5, 0.6) is 11.5 Å². The van der Waals surface area contributed by atoms with E-state index in [-0.39, 0.29) is 27.0 Å². The van der Waals surface area contributed by atoms with Crippen molar-refractivity contribution >= 4 is 21.7 Å². The number of methoxy groups -OCH3 is 1. The first-order chi connectivity index (χ1) is 10.9. The zero-order valence-electron chi connectivity index (χ0n) is 11.8. The molecule has 0 radical (unpaired) electrons. The van der Waals surface area contributed by atoms with Gasteiger partial charge in [-0.2, -0.15) is 18.9 Å². The molecule has 23 heavy (non-hydrogen) atoms. The van der Waals surface area contributed by atoms with E-state index in [1.54, 1.807) is 0 Å². The fourth-order valence-corrected chi connectivity index (χ4v) is 2.97. The van der Waals surface area contributed by atoms with Gasteiger partial charge >= 0.3 is 10.1 Å². The van der Waals surface area contributed by atoms with Gasteiger partial charge in [0.1, 0.15) is 11.0 Å². The van der Waals surface area contributed by atoms with Crippen LogP contribution in [0, 0.1) is 22.7 Å². The van der Waals surface area contributed by atoms with Crippen LogP contribution in [0.1, 0.15) is 11.1 Å². The highest BCUT2D eigenvalue weighted by Gasteiger charge is 2.20. The number of nitrogens with zero attached hydrogens (tertiary/aromatic N) is 2. The molecule has 0 aliphatic heterocycles. The SMILES string of the molecule is COc1cc(C#N)ccc1OS(=O)(=O)c1ccc(C#N)c(Cl)c1. The maximum absolute atomic E-state index is 12.3. The molecule has 0 amide bonds. The van der Waals surface area contributed by atoms with Gasteiger partial charge in [0.25, 0.3) is 0 Å². The molecule has 2 aromatic carbocycles. The van der Waals surface area contributed by atoms with Crippen LogP contribution < -0.4 is 8.92 Å². The zero-order chi connectivity index (χ0) is 17.0. The molecular weight excluding hydrogens is 340 g/mol. The molecule has 0 saturated carbocycles. The molecular formula is C15H9ClN2O4S. The Hall–Kier alpha value is -2.74. The fourth-order valence-electron chi connectivity index (χ4n) is 1.71. The van der Waals surface area contributed by atoms with E-state index in [0.29, 0.717) is 5.56 Å². The van der Waals surface area contributed by atoms with E-state index in [9.17, 15) is 8.42 Å². The van der Waals surface area contributed by atoms with Crippen molar-refractivity contribution < 1.29 is 17.3 Å². The molecule has 2 aromatic rings. The first-order valence-electron chi connectivity index (χ1n) is 6.13. The minimum Gasteiger partial charge on any atom is -0.493 e. The first kappa shape index (κ1) is 16.6. The van der Waals surface area contributed by atoms with Crippen molar-refractivity contribution in [3.8, 4) is 23.6 Å². The highest BCUT2D eigenvalue weighted by molar-refractivity contribution is 7.87. The average Bonchev–Trinajstić information content (AvgIpc) is 2.54. The molecule has 0 bridgehead atoms. The normalized spacial score (nSPS) is 10.4. The monoisotopic (exact) mass is 348 g/mol. The van der Waals surface area contributed by atoms with Gasteiger partial charge in [0.05, 0.1) is 29.3 Å². The lowest BCUT2D eigenvalue weighted by molar-refractivity contribution is 0.390. The Balaban J connectivity index is 2.41. The number of benzene rings is 2. The van der Waals surface area contributed by atoms with Crippen LogP contribution in [-0.4, -0.2) is 15.5 Å². The molecule has 0 saturated heterocycles. The average molecular weight is 349 g/mol. The molecule has 8 heteroatoms. The summed E-state index contributed by atoms with van der Waals surface area (Å²) in [6.45, 7) is 0. The van der Waals surface area contributed by atoms with Gasteiger partial charge in [-0.3, -0.25) is 0 Å². The minimum atomic E-state index is -4.17. The van der Waals surface area contributed by atoms with E-state index < -0.39 is 10.1 Å².